The number of barbiturate groups is 1. The Morgan fingerprint density at radius 3 is 2.52 bits per heavy atom. The minimum absolute atomic E-state index is 0.0650. The van der Waals surface area contributed by atoms with Crippen molar-refractivity contribution >= 4 is 39.9 Å². The average molecular weight is 483 g/mol. The summed E-state index contributed by atoms with van der Waals surface area (Å²) in [5, 5.41) is 2.31. The van der Waals surface area contributed by atoms with Gasteiger partial charge in [0.2, 0.25) is 0 Å². The molecule has 1 saturated carbocycles. The summed E-state index contributed by atoms with van der Waals surface area (Å²) in [5.41, 5.74) is 2.70. The van der Waals surface area contributed by atoms with Crippen LogP contribution in [0.25, 0.3) is 6.08 Å². The van der Waals surface area contributed by atoms with E-state index in [9.17, 15) is 14.4 Å². The van der Waals surface area contributed by atoms with Crippen molar-refractivity contribution < 1.29 is 19.1 Å². The summed E-state index contributed by atoms with van der Waals surface area (Å²) < 4.78 is 6.78. The number of rotatable bonds is 5. The summed E-state index contributed by atoms with van der Waals surface area (Å²) in [5.74, 6) is -0.694. The van der Waals surface area contributed by atoms with Gasteiger partial charge in [-0.1, -0.05) is 58.6 Å². The second-order valence-corrected chi connectivity index (χ2v) is 8.80. The smallest absolute Gasteiger partial charge is 0.331 e. The molecule has 1 heterocycles. The topological polar surface area (TPSA) is 75.7 Å². The first-order valence-electron chi connectivity index (χ1n) is 10.3. The predicted octanol–water partition coefficient (Wildman–Crippen LogP) is 4.74. The van der Waals surface area contributed by atoms with E-state index in [4.69, 9.17) is 4.74 Å². The van der Waals surface area contributed by atoms with Crippen LogP contribution in [0.1, 0.15) is 42.4 Å². The van der Waals surface area contributed by atoms with Gasteiger partial charge in [-0.25, -0.2) is 4.79 Å². The Balaban J connectivity index is 1.62. The van der Waals surface area contributed by atoms with Crippen molar-refractivity contribution in [1.29, 1.82) is 0 Å². The summed E-state index contributed by atoms with van der Waals surface area (Å²) in [6.45, 7) is 2.38. The van der Waals surface area contributed by atoms with E-state index in [1.807, 2.05) is 37.3 Å². The molecule has 160 valence electrons. The Bertz CT molecular complexity index is 1060. The molecule has 0 radical (unpaired) electrons. The molecule has 31 heavy (non-hydrogen) atoms. The van der Waals surface area contributed by atoms with Crippen molar-refractivity contribution in [1.82, 2.24) is 10.2 Å². The Kier molecular flexibility index (Phi) is 6.23. The van der Waals surface area contributed by atoms with Crippen LogP contribution in [0.15, 0.2) is 52.5 Å². The summed E-state index contributed by atoms with van der Waals surface area (Å²) in [6, 6.07) is 12.6. The van der Waals surface area contributed by atoms with Gasteiger partial charge in [-0.15, -0.1) is 0 Å². The van der Waals surface area contributed by atoms with Crippen LogP contribution >= 0.6 is 15.9 Å². The Morgan fingerprint density at radius 2 is 1.81 bits per heavy atom. The number of imide groups is 2. The molecule has 6 nitrogen and oxygen atoms in total. The fourth-order valence-electron chi connectivity index (χ4n) is 3.93. The second kappa shape index (κ2) is 9.06. The summed E-state index contributed by atoms with van der Waals surface area (Å²) in [7, 11) is 0. The maximum atomic E-state index is 13.1. The molecule has 0 atom stereocenters. The molecule has 1 aliphatic heterocycles. The van der Waals surface area contributed by atoms with Crippen LogP contribution in [0.4, 0.5) is 4.79 Å². The number of benzene rings is 2. The van der Waals surface area contributed by atoms with Crippen LogP contribution in [0.2, 0.25) is 0 Å². The SMILES string of the molecule is Cc1ccc(COc2ccc(Br)cc2/C=C2\C(=O)NC(=O)N(C3CCCC3)C2=O)cc1. The van der Waals surface area contributed by atoms with Crippen molar-refractivity contribution in [2.45, 2.75) is 45.3 Å². The van der Waals surface area contributed by atoms with Crippen molar-refractivity contribution in [2.75, 3.05) is 0 Å². The monoisotopic (exact) mass is 482 g/mol. The van der Waals surface area contributed by atoms with E-state index >= 15 is 0 Å². The Labute approximate surface area is 189 Å². The molecule has 0 aromatic heterocycles. The lowest BCUT2D eigenvalue weighted by atomic mass is 10.0. The third kappa shape index (κ3) is 4.71. The zero-order valence-corrected chi connectivity index (χ0v) is 18.8. The van der Waals surface area contributed by atoms with Gasteiger partial charge in [0.1, 0.15) is 17.9 Å². The number of hydrogen-bond donors (Lipinski definition) is 1. The van der Waals surface area contributed by atoms with Gasteiger partial charge in [-0.3, -0.25) is 19.8 Å². The van der Waals surface area contributed by atoms with Crippen molar-refractivity contribution in [3.8, 4) is 5.75 Å². The molecular weight excluding hydrogens is 460 g/mol. The first kappa shape index (κ1) is 21.3. The molecule has 2 aliphatic rings. The van der Waals surface area contributed by atoms with Crippen LogP contribution in [0, 0.1) is 6.92 Å². The molecule has 0 spiro atoms. The zero-order valence-electron chi connectivity index (χ0n) is 17.2. The van der Waals surface area contributed by atoms with Crippen LogP contribution < -0.4 is 10.1 Å². The third-order valence-electron chi connectivity index (χ3n) is 5.61. The fourth-order valence-corrected chi connectivity index (χ4v) is 4.31. The number of amides is 4. The maximum Gasteiger partial charge on any atom is 0.331 e. The number of carbonyl (C=O) groups excluding carboxylic acids is 3. The number of halogens is 1. The average Bonchev–Trinajstić information content (AvgIpc) is 3.26. The van der Waals surface area contributed by atoms with Gasteiger partial charge in [-0.05, 0) is 49.6 Å². The van der Waals surface area contributed by atoms with E-state index < -0.39 is 17.8 Å². The highest BCUT2D eigenvalue weighted by Crippen LogP contribution is 2.30. The first-order chi connectivity index (χ1) is 14.9. The largest absolute Gasteiger partial charge is 0.488 e. The minimum Gasteiger partial charge on any atom is -0.488 e. The van der Waals surface area contributed by atoms with Crippen LogP contribution in [0.3, 0.4) is 0 Å². The Hall–Kier alpha value is -2.93. The zero-order chi connectivity index (χ0) is 22.0. The van der Waals surface area contributed by atoms with E-state index in [-0.39, 0.29) is 11.6 Å². The van der Waals surface area contributed by atoms with Gasteiger partial charge >= 0.3 is 6.03 Å². The second-order valence-electron chi connectivity index (χ2n) is 7.89. The quantitative estimate of drug-likeness (QED) is 0.493. The van der Waals surface area contributed by atoms with E-state index in [1.54, 1.807) is 12.1 Å². The van der Waals surface area contributed by atoms with E-state index in [2.05, 4.69) is 21.2 Å². The molecule has 4 rings (SSSR count). The lowest BCUT2D eigenvalue weighted by molar-refractivity contribution is -0.131. The van der Waals surface area contributed by atoms with Crippen LogP contribution in [-0.2, 0) is 16.2 Å². The van der Waals surface area contributed by atoms with Gasteiger partial charge in [-0.2, -0.15) is 0 Å². The molecular formula is C24H23BrN2O4. The van der Waals surface area contributed by atoms with E-state index in [0.29, 0.717) is 17.9 Å². The highest BCUT2D eigenvalue weighted by molar-refractivity contribution is 9.10. The number of nitrogens with one attached hydrogen (secondary N) is 1. The van der Waals surface area contributed by atoms with Crippen molar-refractivity contribution in [3.05, 3.63) is 69.2 Å². The van der Waals surface area contributed by atoms with Gasteiger partial charge in [0, 0.05) is 16.1 Å². The number of urea groups is 1. The number of nitrogens with zero attached hydrogens (tertiary/aromatic N) is 1. The Morgan fingerprint density at radius 1 is 1.10 bits per heavy atom. The summed E-state index contributed by atoms with van der Waals surface area (Å²) >= 11 is 3.44. The van der Waals surface area contributed by atoms with Crippen molar-refractivity contribution in [2.24, 2.45) is 0 Å². The lowest BCUT2D eigenvalue weighted by Gasteiger charge is -2.31. The van der Waals surface area contributed by atoms with Crippen LogP contribution in [0.5, 0.6) is 5.75 Å². The molecule has 0 bridgehead atoms. The number of hydrogen-bond acceptors (Lipinski definition) is 4. The third-order valence-corrected chi connectivity index (χ3v) is 6.10. The molecule has 1 N–H and O–H groups in total. The normalized spacial score (nSPS) is 18.6. The van der Waals surface area contributed by atoms with E-state index in [0.717, 1.165) is 35.7 Å². The lowest BCUT2D eigenvalue weighted by Crippen LogP contribution is -2.57. The molecule has 4 amide bonds. The minimum atomic E-state index is -0.686. The predicted molar refractivity (Wildman–Crippen MR) is 120 cm³/mol. The molecule has 2 fully saturated rings. The number of aryl methyl sites for hydroxylation is 1. The molecule has 1 saturated heterocycles. The highest BCUT2D eigenvalue weighted by Gasteiger charge is 2.40. The molecule has 0 unspecified atom stereocenters. The molecule has 2 aromatic carbocycles. The van der Waals surface area contributed by atoms with Crippen LogP contribution in [-0.4, -0.2) is 28.8 Å². The first-order valence-corrected chi connectivity index (χ1v) is 11.1. The maximum absolute atomic E-state index is 13.1. The molecule has 7 heteroatoms. The van der Waals surface area contributed by atoms with Gasteiger partial charge in [0.25, 0.3) is 11.8 Å². The van der Waals surface area contributed by atoms with Gasteiger partial charge < -0.3 is 4.74 Å². The van der Waals surface area contributed by atoms with Gasteiger partial charge in [0.15, 0.2) is 0 Å². The summed E-state index contributed by atoms with van der Waals surface area (Å²) in [4.78, 5) is 39.1. The highest BCUT2D eigenvalue weighted by atomic mass is 79.9. The fraction of sp³-hybridized carbons (Fsp3) is 0.292. The molecule has 1 aliphatic carbocycles. The summed E-state index contributed by atoms with van der Waals surface area (Å²) in [6.07, 6.45) is 4.97. The standard InChI is InChI=1S/C24H23BrN2O4/c1-15-6-8-16(9-7-15)14-31-21-11-10-18(25)12-17(21)13-20-22(28)26-24(30)27(23(20)29)19-4-2-3-5-19/h6-13,19H,2-5,14H2,1H3,(H,26,28,30)/b20-13+. The van der Waals surface area contributed by atoms with Gasteiger partial charge in [0.05, 0.1) is 0 Å². The van der Waals surface area contributed by atoms with E-state index in [1.165, 1.54) is 16.5 Å². The number of carbonyl (C=O) groups is 3. The molecule has 2 aromatic rings. The van der Waals surface area contributed by atoms with Crippen molar-refractivity contribution in [3.63, 3.8) is 0 Å². The number of ether oxygens (including phenoxy) is 1.